The van der Waals surface area contributed by atoms with Crippen LogP contribution < -0.4 is 10.6 Å². The largest absolute Gasteiger partial charge is 0.358 e. The molecule has 0 bridgehead atoms. The second kappa shape index (κ2) is 4.87. The molecule has 1 aliphatic carbocycles. The van der Waals surface area contributed by atoms with Gasteiger partial charge in [0.25, 0.3) is 0 Å². The number of anilines is 1. The molecular weight excluding hydrogens is 240 g/mol. The van der Waals surface area contributed by atoms with Crippen LogP contribution in [0.5, 0.6) is 0 Å². The molecule has 1 aromatic rings. The fourth-order valence-electron chi connectivity index (χ4n) is 1.36. The summed E-state index contributed by atoms with van der Waals surface area (Å²) >= 11 is 5.94. The maximum absolute atomic E-state index is 11.5. The van der Waals surface area contributed by atoms with Crippen molar-refractivity contribution in [3.63, 3.8) is 0 Å². The molecule has 0 atom stereocenters. The van der Waals surface area contributed by atoms with Crippen LogP contribution in [0.2, 0.25) is 5.15 Å². The molecule has 1 aromatic heterocycles. The van der Waals surface area contributed by atoms with Crippen LogP contribution in [-0.2, 0) is 4.79 Å². The molecule has 0 aliphatic heterocycles. The highest BCUT2D eigenvalue weighted by Crippen LogP contribution is 2.19. The molecule has 2 N–H and O–H groups in total. The van der Waals surface area contributed by atoms with Gasteiger partial charge in [0.1, 0.15) is 0 Å². The second-order valence-corrected chi connectivity index (χ2v) is 4.59. The SMILES string of the molecule is Cc1nc(Cl)c(NCC(=O)NC2CC2)nc1C. The van der Waals surface area contributed by atoms with Crippen molar-refractivity contribution in [1.82, 2.24) is 15.3 Å². The van der Waals surface area contributed by atoms with Crippen LogP contribution in [0, 0.1) is 13.8 Å². The number of aromatic nitrogens is 2. The quantitative estimate of drug-likeness (QED) is 0.853. The molecule has 0 unspecified atom stereocenters. The minimum Gasteiger partial charge on any atom is -0.358 e. The number of amides is 1. The molecule has 1 saturated carbocycles. The molecule has 17 heavy (non-hydrogen) atoms. The van der Waals surface area contributed by atoms with Crippen molar-refractivity contribution in [2.24, 2.45) is 0 Å². The van der Waals surface area contributed by atoms with Gasteiger partial charge in [0.2, 0.25) is 5.91 Å². The number of carbonyl (C=O) groups is 1. The summed E-state index contributed by atoms with van der Waals surface area (Å²) in [6, 6.07) is 0.366. The summed E-state index contributed by atoms with van der Waals surface area (Å²) in [5.41, 5.74) is 1.60. The normalized spacial score (nSPS) is 14.5. The van der Waals surface area contributed by atoms with Crippen LogP contribution >= 0.6 is 11.6 Å². The van der Waals surface area contributed by atoms with Gasteiger partial charge >= 0.3 is 0 Å². The lowest BCUT2D eigenvalue weighted by molar-refractivity contribution is -0.119. The first-order valence-corrected chi connectivity index (χ1v) is 5.98. The Bertz CT molecular complexity index is 445. The van der Waals surface area contributed by atoms with Crippen molar-refractivity contribution in [2.45, 2.75) is 32.7 Å². The number of nitrogens with zero attached hydrogens (tertiary/aromatic N) is 2. The maximum Gasteiger partial charge on any atom is 0.239 e. The predicted molar refractivity (Wildman–Crippen MR) is 66.2 cm³/mol. The number of rotatable bonds is 4. The topological polar surface area (TPSA) is 66.9 Å². The zero-order valence-corrected chi connectivity index (χ0v) is 10.6. The van der Waals surface area contributed by atoms with E-state index in [1.807, 2.05) is 13.8 Å². The number of hydrogen-bond acceptors (Lipinski definition) is 4. The summed E-state index contributed by atoms with van der Waals surface area (Å²) < 4.78 is 0. The number of aryl methyl sites for hydroxylation is 2. The summed E-state index contributed by atoms with van der Waals surface area (Å²) in [7, 11) is 0. The minimum atomic E-state index is -0.0383. The van der Waals surface area contributed by atoms with Crippen molar-refractivity contribution in [2.75, 3.05) is 11.9 Å². The molecule has 0 radical (unpaired) electrons. The van der Waals surface area contributed by atoms with E-state index in [2.05, 4.69) is 20.6 Å². The molecule has 1 fully saturated rings. The molecule has 1 amide bonds. The number of nitrogens with one attached hydrogen (secondary N) is 2. The van der Waals surface area contributed by atoms with E-state index in [9.17, 15) is 4.79 Å². The summed E-state index contributed by atoms with van der Waals surface area (Å²) in [4.78, 5) is 19.9. The van der Waals surface area contributed by atoms with Crippen LogP contribution in [0.3, 0.4) is 0 Å². The lowest BCUT2D eigenvalue weighted by atomic mass is 10.3. The van der Waals surface area contributed by atoms with Gasteiger partial charge in [-0.1, -0.05) is 11.6 Å². The van der Waals surface area contributed by atoms with E-state index < -0.39 is 0 Å². The van der Waals surface area contributed by atoms with Crippen molar-refractivity contribution >= 4 is 23.3 Å². The Labute approximate surface area is 105 Å². The zero-order chi connectivity index (χ0) is 12.4. The Morgan fingerprint density at radius 2 is 2.00 bits per heavy atom. The van der Waals surface area contributed by atoms with Crippen molar-refractivity contribution in [3.8, 4) is 0 Å². The van der Waals surface area contributed by atoms with Gasteiger partial charge in [0.05, 0.1) is 17.9 Å². The van der Waals surface area contributed by atoms with E-state index in [-0.39, 0.29) is 12.5 Å². The third-order valence-electron chi connectivity index (χ3n) is 2.62. The van der Waals surface area contributed by atoms with Gasteiger partial charge in [-0.2, -0.15) is 0 Å². The maximum atomic E-state index is 11.5. The van der Waals surface area contributed by atoms with Gasteiger partial charge in [0, 0.05) is 6.04 Å². The molecular formula is C11H15ClN4O. The van der Waals surface area contributed by atoms with Gasteiger partial charge in [-0.05, 0) is 26.7 Å². The predicted octanol–water partition coefficient (Wildman–Crippen LogP) is 1.44. The van der Waals surface area contributed by atoms with Crippen LogP contribution in [0.4, 0.5) is 5.82 Å². The van der Waals surface area contributed by atoms with Gasteiger partial charge < -0.3 is 10.6 Å². The van der Waals surface area contributed by atoms with Crippen LogP contribution in [0.25, 0.3) is 0 Å². The highest BCUT2D eigenvalue weighted by Gasteiger charge is 2.23. The average molecular weight is 255 g/mol. The lowest BCUT2D eigenvalue weighted by Crippen LogP contribution is -2.31. The fraction of sp³-hybridized carbons (Fsp3) is 0.545. The zero-order valence-electron chi connectivity index (χ0n) is 9.88. The average Bonchev–Trinajstić information content (AvgIpc) is 3.05. The molecule has 0 saturated heterocycles. The Morgan fingerprint density at radius 1 is 1.35 bits per heavy atom. The van der Waals surface area contributed by atoms with Crippen molar-refractivity contribution in [1.29, 1.82) is 0 Å². The van der Waals surface area contributed by atoms with Crippen LogP contribution in [0.15, 0.2) is 0 Å². The molecule has 1 heterocycles. The van der Waals surface area contributed by atoms with Gasteiger partial charge in [-0.3, -0.25) is 4.79 Å². The summed E-state index contributed by atoms with van der Waals surface area (Å²) in [6.45, 7) is 3.87. The van der Waals surface area contributed by atoms with Gasteiger partial charge in [0.15, 0.2) is 11.0 Å². The third-order valence-corrected chi connectivity index (χ3v) is 2.89. The second-order valence-electron chi connectivity index (χ2n) is 4.23. The monoisotopic (exact) mass is 254 g/mol. The van der Waals surface area contributed by atoms with Crippen molar-refractivity contribution in [3.05, 3.63) is 16.5 Å². The van der Waals surface area contributed by atoms with Gasteiger partial charge in [-0.25, -0.2) is 9.97 Å². The van der Waals surface area contributed by atoms with E-state index >= 15 is 0 Å². The van der Waals surface area contributed by atoms with E-state index in [0.29, 0.717) is 17.0 Å². The standard InChI is InChI=1S/C11H15ClN4O/c1-6-7(2)15-11(10(12)14-6)13-5-9(17)16-8-3-4-8/h8H,3-5H2,1-2H3,(H,13,15)(H,16,17). The number of halogens is 1. The first-order valence-electron chi connectivity index (χ1n) is 5.60. The first-order chi connectivity index (χ1) is 8.06. The molecule has 1 aliphatic rings. The molecule has 92 valence electrons. The minimum absolute atomic E-state index is 0.0383. The van der Waals surface area contributed by atoms with E-state index in [1.54, 1.807) is 0 Å². The molecule has 5 nitrogen and oxygen atoms in total. The van der Waals surface area contributed by atoms with Gasteiger partial charge in [-0.15, -0.1) is 0 Å². The first kappa shape index (κ1) is 12.1. The van der Waals surface area contributed by atoms with Crippen LogP contribution in [0.1, 0.15) is 24.2 Å². The highest BCUT2D eigenvalue weighted by molar-refractivity contribution is 6.31. The van der Waals surface area contributed by atoms with Crippen molar-refractivity contribution < 1.29 is 4.79 Å². The summed E-state index contributed by atoms with van der Waals surface area (Å²) in [5.74, 6) is 0.421. The Hall–Kier alpha value is -1.36. The Balaban J connectivity index is 1.93. The smallest absolute Gasteiger partial charge is 0.239 e. The van der Waals surface area contributed by atoms with E-state index in [1.165, 1.54) is 0 Å². The molecule has 6 heteroatoms. The number of carbonyl (C=O) groups excluding carboxylic acids is 1. The Morgan fingerprint density at radius 3 is 2.65 bits per heavy atom. The number of hydrogen-bond donors (Lipinski definition) is 2. The molecule has 2 rings (SSSR count). The fourth-order valence-corrected chi connectivity index (χ4v) is 1.59. The van der Waals surface area contributed by atoms with E-state index in [4.69, 9.17) is 11.6 Å². The van der Waals surface area contributed by atoms with E-state index in [0.717, 1.165) is 24.2 Å². The molecule has 0 aromatic carbocycles. The molecule has 0 spiro atoms. The summed E-state index contributed by atoms with van der Waals surface area (Å²) in [5, 5.41) is 6.07. The van der Waals surface area contributed by atoms with Crippen LogP contribution in [-0.4, -0.2) is 28.5 Å². The lowest BCUT2D eigenvalue weighted by Gasteiger charge is -2.09. The Kier molecular flexibility index (Phi) is 3.47. The summed E-state index contributed by atoms with van der Waals surface area (Å²) in [6.07, 6.45) is 2.16. The third kappa shape index (κ3) is 3.30. The highest BCUT2D eigenvalue weighted by atomic mass is 35.5.